The van der Waals surface area contributed by atoms with Gasteiger partial charge < -0.3 is 24.7 Å². The molecule has 7 nitrogen and oxygen atoms in total. The molecule has 0 bridgehead atoms. The van der Waals surface area contributed by atoms with Crippen molar-refractivity contribution in [2.24, 2.45) is 4.99 Å². The molecule has 8 heteroatoms. The number of aliphatic imine (C=N–C) groups is 1. The highest BCUT2D eigenvalue weighted by molar-refractivity contribution is 14.0. The number of halogens is 1. The summed E-state index contributed by atoms with van der Waals surface area (Å²) in [4.78, 5) is 10.7. The van der Waals surface area contributed by atoms with E-state index in [-0.39, 0.29) is 29.4 Å². The van der Waals surface area contributed by atoms with Crippen LogP contribution in [0.3, 0.4) is 0 Å². The molecule has 0 saturated heterocycles. The van der Waals surface area contributed by atoms with Crippen LogP contribution in [-0.4, -0.2) is 50.1 Å². The molecule has 0 atom stereocenters. The second-order valence-corrected chi connectivity index (χ2v) is 7.91. The molecule has 1 heterocycles. The average molecular weight is 515 g/mol. The van der Waals surface area contributed by atoms with Crippen molar-refractivity contribution in [3.63, 3.8) is 0 Å². The molecule has 0 aliphatic carbocycles. The topological polar surface area (TPSA) is 74.9 Å². The summed E-state index contributed by atoms with van der Waals surface area (Å²) < 4.78 is 11.7. The highest BCUT2D eigenvalue weighted by Gasteiger charge is 2.19. The number of benzene rings is 1. The van der Waals surface area contributed by atoms with Crippen LogP contribution < -0.4 is 15.4 Å². The number of oxazole rings is 1. The molecule has 0 spiro atoms. The number of para-hydroxylation sites is 1. The van der Waals surface area contributed by atoms with Gasteiger partial charge in [0.25, 0.3) is 0 Å². The lowest BCUT2D eigenvalue weighted by Crippen LogP contribution is -2.36. The SMILES string of the molecule is CN=C(NCc1ncc(C(C)(C)C)o1)NCc1ccccc1OCCN(C)C.I. The zero-order valence-corrected chi connectivity index (χ0v) is 20.6. The lowest BCUT2D eigenvalue weighted by atomic mass is 9.94. The number of ether oxygens (including phenoxy) is 1. The fourth-order valence-corrected chi connectivity index (χ4v) is 2.43. The van der Waals surface area contributed by atoms with Gasteiger partial charge in [-0.2, -0.15) is 0 Å². The van der Waals surface area contributed by atoms with Crippen LogP contribution in [0.25, 0.3) is 0 Å². The summed E-state index contributed by atoms with van der Waals surface area (Å²) in [6, 6.07) is 8.03. The highest BCUT2D eigenvalue weighted by atomic mass is 127. The van der Waals surface area contributed by atoms with Gasteiger partial charge in [0, 0.05) is 31.1 Å². The molecule has 0 radical (unpaired) electrons. The van der Waals surface area contributed by atoms with E-state index in [9.17, 15) is 0 Å². The molecule has 162 valence electrons. The Labute approximate surface area is 191 Å². The van der Waals surface area contributed by atoms with E-state index in [1.165, 1.54) is 0 Å². The first-order valence-corrected chi connectivity index (χ1v) is 9.54. The molecule has 1 aromatic heterocycles. The molecular weight excluding hydrogens is 481 g/mol. The number of rotatable bonds is 8. The first-order valence-electron chi connectivity index (χ1n) is 9.54. The number of hydrogen-bond acceptors (Lipinski definition) is 5. The monoisotopic (exact) mass is 515 g/mol. The van der Waals surface area contributed by atoms with Gasteiger partial charge in [0.1, 0.15) is 18.1 Å². The Morgan fingerprint density at radius 3 is 2.48 bits per heavy atom. The maximum atomic E-state index is 5.91. The van der Waals surface area contributed by atoms with E-state index in [0.29, 0.717) is 31.5 Å². The van der Waals surface area contributed by atoms with Gasteiger partial charge >= 0.3 is 0 Å². The van der Waals surface area contributed by atoms with Crippen LogP contribution in [-0.2, 0) is 18.5 Å². The van der Waals surface area contributed by atoms with Gasteiger partial charge in [0.2, 0.25) is 5.89 Å². The van der Waals surface area contributed by atoms with E-state index in [1.54, 1.807) is 13.2 Å². The lowest BCUT2D eigenvalue weighted by Gasteiger charge is -2.16. The number of nitrogens with one attached hydrogen (secondary N) is 2. The molecule has 29 heavy (non-hydrogen) atoms. The van der Waals surface area contributed by atoms with Gasteiger partial charge in [-0.05, 0) is 20.2 Å². The molecule has 0 aliphatic heterocycles. The highest BCUT2D eigenvalue weighted by Crippen LogP contribution is 2.22. The molecule has 1 aromatic carbocycles. The Morgan fingerprint density at radius 2 is 1.86 bits per heavy atom. The predicted molar refractivity (Wildman–Crippen MR) is 128 cm³/mol. The van der Waals surface area contributed by atoms with E-state index in [4.69, 9.17) is 9.15 Å². The van der Waals surface area contributed by atoms with Gasteiger partial charge in [-0.1, -0.05) is 39.0 Å². The fourth-order valence-electron chi connectivity index (χ4n) is 2.43. The van der Waals surface area contributed by atoms with E-state index in [1.807, 2.05) is 32.3 Å². The third-order valence-electron chi connectivity index (χ3n) is 4.14. The zero-order valence-electron chi connectivity index (χ0n) is 18.3. The smallest absolute Gasteiger partial charge is 0.213 e. The predicted octanol–water partition coefficient (Wildman–Crippen LogP) is 3.40. The Balaban J connectivity index is 0.00000420. The largest absolute Gasteiger partial charge is 0.492 e. The number of guanidine groups is 1. The molecule has 0 aliphatic rings. The zero-order chi connectivity index (χ0) is 20.6. The average Bonchev–Trinajstić information content (AvgIpc) is 3.12. The third kappa shape index (κ3) is 8.61. The van der Waals surface area contributed by atoms with Gasteiger partial charge in [0.15, 0.2) is 5.96 Å². The summed E-state index contributed by atoms with van der Waals surface area (Å²) in [7, 11) is 5.81. The van der Waals surface area contributed by atoms with E-state index in [2.05, 4.69) is 52.3 Å². The normalized spacial score (nSPS) is 11.9. The summed E-state index contributed by atoms with van der Waals surface area (Å²) in [6.07, 6.45) is 1.79. The summed E-state index contributed by atoms with van der Waals surface area (Å²) in [5.74, 6) is 3.07. The van der Waals surface area contributed by atoms with Crippen molar-refractivity contribution >= 4 is 29.9 Å². The standard InChI is InChI=1S/C21H33N5O2.HI/c1-21(2,3)18-14-23-19(28-18)15-25-20(22-4)24-13-16-9-7-8-10-17(16)27-12-11-26(5)6;/h7-10,14H,11-13,15H2,1-6H3,(H2,22,24,25);1H. The molecule has 2 N–H and O–H groups in total. The fraction of sp³-hybridized carbons (Fsp3) is 0.524. The first kappa shape index (κ1) is 25.2. The second kappa shape index (κ2) is 12.0. The molecule has 0 saturated carbocycles. The van der Waals surface area contributed by atoms with Crippen LogP contribution in [0.15, 0.2) is 39.9 Å². The minimum absolute atomic E-state index is 0. The van der Waals surface area contributed by atoms with E-state index >= 15 is 0 Å². The summed E-state index contributed by atoms with van der Waals surface area (Å²) in [5.41, 5.74) is 1.02. The Hall–Kier alpha value is -1.81. The van der Waals surface area contributed by atoms with Crippen molar-refractivity contribution in [1.82, 2.24) is 20.5 Å². The van der Waals surface area contributed by atoms with Gasteiger partial charge in [0.05, 0.1) is 12.7 Å². The van der Waals surface area contributed by atoms with E-state index < -0.39 is 0 Å². The van der Waals surface area contributed by atoms with Gasteiger partial charge in [-0.15, -0.1) is 24.0 Å². The minimum Gasteiger partial charge on any atom is -0.492 e. The van der Waals surface area contributed by atoms with Crippen molar-refractivity contribution in [1.29, 1.82) is 0 Å². The van der Waals surface area contributed by atoms with Crippen LogP contribution >= 0.6 is 24.0 Å². The lowest BCUT2D eigenvalue weighted by molar-refractivity contribution is 0.259. The Kier molecular flexibility index (Phi) is 10.5. The Bertz CT molecular complexity index is 768. The van der Waals surface area contributed by atoms with Crippen molar-refractivity contribution in [2.75, 3.05) is 34.3 Å². The maximum absolute atomic E-state index is 5.91. The number of aromatic nitrogens is 1. The maximum Gasteiger partial charge on any atom is 0.213 e. The van der Waals surface area contributed by atoms with Crippen molar-refractivity contribution in [3.05, 3.63) is 47.7 Å². The van der Waals surface area contributed by atoms with Gasteiger partial charge in [-0.25, -0.2) is 4.98 Å². The molecule has 2 rings (SSSR count). The summed E-state index contributed by atoms with van der Waals surface area (Å²) in [6.45, 7) is 8.90. The Morgan fingerprint density at radius 1 is 1.17 bits per heavy atom. The quantitative estimate of drug-likeness (QED) is 0.319. The van der Waals surface area contributed by atoms with Crippen LogP contribution in [0.2, 0.25) is 0 Å². The van der Waals surface area contributed by atoms with Crippen molar-refractivity contribution < 1.29 is 9.15 Å². The summed E-state index contributed by atoms with van der Waals surface area (Å²) >= 11 is 0. The van der Waals surface area contributed by atoms with Crippen LogP contribution in [0, 0.1) is 0 Å². The molecule has 0 amide bonds. The summed E-state index contributed by atoms with van der Waals surface area (Å²) in [5, 5.41) is 6.55. The number of nitrogens with zero attached hydrogens (tertiary/aromatic N) is 3. The first-order chi connectivity index (χ1) is 13.3. The van der Waals surface area contributed by atoms with Crippen LogP contribution in [0.1, 0.15) is 38.0 Å². The minimum atomic E-state index is -0.0541. The number of likely N-dealkylation sites (N-methyl/N-ethyl adjacent to an activating group) is 1. The van der Waals surface area contributed by atoms with E-state index in [0.717, 1.165) is 23.6 Å². The van der Waals surface area contributed by atoms with Crippen molar-refractivity contribution in [3.8, 4) is 5.75 Å². The van der Waals surface area contributed by atoms with Crippen molar-refractivity contribution in [2.45, 2.75) is 39.3 Å². The van der Waals surface area contributed by atoms with Crippen LogP contribution in [0.5, 0.6) is 5.75 Å². The molecule has 0 fully saturated rings. The molecule has 2 aromatic rings. The number of hydrogen-bond donors (Lipinski definition) is 2. The van der Waals surface area contributed by atoms with Crippen LogP contribution in [0.4, 0.5) is 0 Å². The third-order valence-corrected chi connectivity index (χ3v) is 4.14. The van der Waals surface area contributed by atoms with Gasteiger partial charge in [-0.3, -0.25) is 4.99 Å². The second-order valence-electron chi connectivity index (χ2n) is 7.91. The molecular formula is C21H34IN5O2. The molecule has 0 unspecified atom stereocenters.